The highest BCUT2D eigenvalue weighted by atomic mass is 19.4. The van der Waals surface area contributed by atoms with E-state index in [-0.39, 0.29) is 17.7 Å². The van der Waals surface area contributed by atoms with Crippen LogP contribution >= 0.6 is 0 Å². The summed E-state index contributed by atoms with van der Waals surface area (Å²) < 4.78 is 53.2. The predicted molar refractivity (Wildman–Crippen MR) is 86.2 cm³/mol. The summed E-state index contributed by atoms with van der Waals surface area (Å²) in [5.41, 5.74) is -0.233. The van der Waals surface area contributed by atoms with Crippen LogP contribution in [0.4, 0.5) is 18.9 Å². The maximum absolute atomic E-state index is 12.5. The Morgan fingerprint density at radius 2 is 1.89 bits per heavy atom. The van der Waals surface area contributed by atoms with Crippen molar-refractivity contribution in [2.45, 2.75) is 44.1 Å². The topological polar surface area (TPSA) is 117 Å². The molecule has 0 aromatic heterocycles. The number of hydrogen-bond donors (Lipinski definition) is 1. The van der Waals surface area contributed by atoms with E-state index in [4.69, 9.17) is 14.2 Å². The van der Waals surface area contributed by atoms with Crippen LogP contribution in [0.2, 0.25) is 0 Å². The minimum atomic E-state index is -5.08. The summed E-state index contributed by atoms with van der Waals surface area (Å²) in [4.78, 5) is 33.4. The molecular formula is C16H17F3N2O7. The highest BCUT2D eigenvalue weighted by molar-refractivity contribution is 5.89. The van der Waals surface area contributed by atoms with Crippen molar-refractivity contribution in [3.05, 3.63) is 39.9 Å². The molecule has 1 aromatic rings. The molecule has 9 nitrogen and oxygen atoms in total. The van der Waals surface area contributed by atoms with Crippen LogP contribution < -0.4 is 5.32 Å². The maximum atomic E-state index is 12.5. The Kier molecular flexibility index (Phi) is 6.56. The zero-order chi connectivity index (χ0) is 21.1. The lowest BCUT2D eigenvalue weighted by atomic mass is 9.99. The average molecular weight is 406 g/mol. The van der Waals surface area contributed by atoms with Gasteiger partial charge < -0.3 is 19.5 Å². The Morgan fingerprint density at radius 1 is 1.29 bits per heavy atom. The molecule has 1 aliphatic rings. The third-order valence-electron chi connectivity index (χ3n) is 4.07. The fourth-order valence-electron chi connectivity index (χ4n) is 2.77. The number of amides is 1. The fraction of sp³-hybridized carbons (Fsp3) is 0.500. The zero-order valence-electron chi connectivity index (χ0n) is 14.8. The summed E-state index contributed by atoms with van der Waals surface area (Å²) in [7, 11) is 1.25. The first-order chi connectivity index (χ1) is 13.0. The first kappa shape index (κ1) is 21.6. The van der Waals surface area contributed by atoms with E-state index in [1.54, 1.807) is 0 Å². The van der Waals surface area contributed by atoms with Gasteiger partial charge in [-0.3, -0.25) is 14.9 Å². The summed E-state index contributed by atoms with van der Waals surface area (Å²) in [6.45, 7) is 1.49. The number of nitro benzene ring substituents is 1. The van der Waals surface area contributed by atoms with E-state index in [0.29, 0.717) is 0 Å². The van der Waals surface area contributed by atoms with E-state index in [1.165, 1.54) is 26.2 Å². The zero-order valence-corrected chi connectivity index (χ0v) is 14.8. The van der Waals surface area contributed by atoms with Crippen molar-refractivity contribution in [2.24, 2.45) is 0 Å². The summed E-state index contributed by atoms with van der Waals surface area (Å²) in [5.74, 6) is -3.03. The van der Waals surface area contributed by atoms with E-state index in [9.17, 15) is 32.9 Å². The Morgan fingerprint density at radius 3 is 2.39 bits per heavy atom. The van der Waals surface area contributed by atoms with Gasteiger partial charge in [0.15, 0.2) is 0 Å². The van der Waals surface area contributed by atoms with E-state index >= 15 is 0 Å². The molecule has 1 N–H and O–H groups in total. The Balaban J connectivity index is 2.07. The molecule has 0 spiro atoms. The minimum absolute atomic E-state index is 0.00778. The molecule has 1 saturated heterocycles. The van der Waals surface area contributed by atoms with Gasteiger partial charge in [0.2, 0.25) is 6.29 Å². The molecule has 1 aliphatic heterocycles. The molecule has 0 saturated carbocycles. The molecule has 12 heteroatoms. The maximum Gasteiger partial charge on any atom is 0.471 e. The van der Waals surface area contributed by atoms with Crippen molar-refractivity contribution in [3.63, 3.8) is 0 Å². The van der Waals surface area contributed by atoms with Gasteiger partial charge in [0.25, 0.3) is 5.69 Å². The Labute approximate surface area is 156 Å². The van der Waals surface area contributed by atoms with Gasteiger partial charge in [0, 0.05) is 25.7 Å². The number of carbonyl (C=O) groups excluding carboxylic acids is 2. The van der Waals surface area contributed by atoms with Gasteiger partial charge in [0.1, 0.15) is 6.10 Å². The van der Waals surface area contributed by atoms with Gasteiger partial charge in [-0.05, 0) is 19.1 Å². The second kappa shape index (κ2) is 8.52. The highest BCUT2D eigenvalue weighted by Gasteiger charge is 2.45. The minimum Gasteiger partial charge on any atom is -0.432 e. The van der Waals surface area contributed by atoms with Crippen molar-refractivity contribution in [1.82, 2.24) is 5.32 Å². The molecule has 0 radical (unpaired) electrons. The van der Waals surface area contributed by atoms with Crippen molar-refractivity contribution in [3.8, 4) is 0 Å². The van der Waals surface area contributed by atoms with Gasteiger partial charge in [-0.25, -0.2) is 4.79 Å². The highest BCUT2D eigenvalue weighted by Crippen LogP contribution is 2.26. The average Bonchev–Trinajstić information content (AvgIpc) is 2.60. The third-order valence-corrected chi connectivity index (χ3v) is 4.07. The fourth-order valence-corrected chi connectivity index (χ4v) is 2.77. The van der Waals surface area contributed by atoms with E-state index < -0.39 is 47.5 Å². The third kappa shape index (κ3) is 5.16. The Hall–Kier alpha value is -2.73. The summed E-state index contributed by atoms with van der Waals surface area (Å²) in [6.07, 6.45) is -8.27. The van der Waals surface area contributed by atoms with Crippen molar-refractivity contribution < 1.29 is 41.9 Å². The van der Waals surface area contributed by atoms with E-state index in [2.05, 4.69) is 0 Å². The predicted octanol–water partition coefficient (Wildman–Crippen LogP) is 1.95. The van der Waals surface area contributed by atoms with Crippen LogP contribution in [-0.4, -0.2) is 54.6 Å². The monoisotopic (exact) mass is 406 g/mol. The van der Waals surface area contributed by atoms with Gasteiger partial charge in [-0.1, -0.05) is 0 Å². The second-order valence-electron chi connectivity index (χ2n) is 5.99. The summed E-state index contributed by atoms with van der Waals surface area (Å²) in [6, 6.07) is 3.45. The number of rotatable bonds is 5. The molecule has 4 atom stereocenters. The van der Waals surface area contributed by atoms with E-state index in [1.807, 2.05) is 5.32 Å². The number of nitrogens with one attached hydrogen (secondary N) is 1. The quantitative estimate of drug-likeness (QED) is 0.451. The van der Waals surface area contributed by atoms with E-state index in [0.717, 1.165) is 12.1 Å². The van der Waals surface area contributed by atoms with Crippen molar-refractivity contribution in [2.75, 3.05) is 7.11 Å². The number of nitrogens with zero attached hydrogens (tertiary/aromatic N) is 1. The van der Waals surface area contributed by atoms with Crippen LogP contribution in [-0.2, 0) is 19.0 Å². The number of non-ortho nitro benzene ring substituents is 1. The smallest absolute Gasteiger partial charge is 0.432 e. The van der Waals surface area contributed by atoms with Crippen molar-refractivity contribution in [1.29, 1.82) is 0 Å². The lowest BCUT2D eigenvalue weighted by Gasteiger charge is -2.39. The summed E-state index contributed by atoms with van der Waals surface area (Å²) in [5, 5.41) is 12.4. The van der Waals surface area contributed by atoms with Gasteiger partial charge in [0.05, 0.1) is 22.6 Å². The molecule has 28 heavy (non-hydrogen) atoms. The van der Waals surface area contributed by atoms with Crippen molar-refractivity contribution >= 4 is 17.6 Å². The van der Waals surface area contributed by atoms with Crippen LogP contribution in [0.3, 0.4) is 0 Å². The molecule has 1 aromatic carbocycles. The number of ether oxygens (including phenoxy) is 3. The molecule has 1 fully saturated rings. The lowest BCUT2D eigenvalue weighted by molar-refractivity contribution is -0.384. The van der Waals surface area contributed by atoms with Crippen LogP contribution in [0.5, 0.6) is 0 Å². The van der Waals surface area contributed by atoms with Crippen LogP contribution in [0.25, 0.3) is 0 Å². The number of esters is 1. The van der Waals surface area contributed by atoms with Gasteiger partial charge in [-0.15, -0.1) is 0 Å². The molecule has 2 rings (SSSR count). The number of benzene rings is 1. The SMILES string of the molecule is CO[C@@H]1[C@@H](NC(=O)C(F)(F)F)C[C@@H](OC(=O)c2ccc([N+](=O)[O-])cc2)O[C@@H]1C. The largest absolute Gasteiger partial charge is 0.471 e. The number of halogens is 3. The van der Waals surface area contributed by atoms with Gasteiger partial charge >= 0.3 is 18.1 Å². The molecular weight excluding hydrogens is 389 g/mol. The summed E-state index contributed by atoms with van der Waals surface area (Å²) >= 11 is 0. The molecule has 1 heterocycles. The van der Waals surface area contributed by atoms with Gasteiger partial charge in [-0.2, -0.15) is 13.2 Å². The molecule has 0 aliphatic carbocycles. The number of carbonyl (C=O) groups is 2. The second-order valence-corrected chi connectivity index (χ2v) is 5.99. The number of nitro groups is 1. The molecule has 0 unspecified atom stereocenters. The lowest BCUT2D eigenvalue weighted by Crippen LogP contribution is -2.58. The standard InChI is InChI=1S/C16H17F3N2O7/c1-8-13(26-2)11(20-15(23)16(17,18)19)7-12(27-8)28-14(22)9-3-5-10(6-4-9)21(24)25/h3-6,8,11-13H,7H2,1-2H3,(H,20,23)/t8-,11+,12-,13+/m1/s1. The molecule has 0 bridgehead atoms. The first-order valence-corrected chi connectivity index (χ1v) is 8.04. The number of alkyl halides is 3. The first-order valence-electron chi connectivity index (χ1n) is 8.04. The Bertz CT molecular complexity index is 739. The number of hydrogen-bond acceptors (Lipinski definition) is 7. The molecule has 154 valence electrons. The molecule has 1 amide bonds. The normalized spacial score (nSPS) is 25.0. The number of methoxy groups -OCH3 is 1. The van der Waals surface area contributed by atoms with Crippen LogP contribution in [0.15, 0.2) is 24.3 Å². The van der Waals surface area contributed by atoms with Crippen LogP contribution in [0, 0.1) is 10.1 Å². The van der Waals surface area contributed by atoms with Crippen LogP contribution in [0.1, 0.15) is 23.7 Å².